The van der Waals surface area contributed by atoms with Crippen molar-refractivity contribution in [3.05, 3.63) is 36.2 Å². The smallest absolute Gasteiger partial charge is 0.306 e. The number of hydrogen-bond acceptors (Lipinski definition) is 7. The average molecular weight is 432 g/mol. The van der Waals surface area contributed by atoms with Crippen LogP contribution >= 0.6 is 11.6 Å². The van der Waals surface area contributed by atoms with E-state index in [0.29, 0.717) is 35.9 Å². The molecule has 1 aromatic heterocycles. The Kier molecular flexibility index (Phi) is 5.87. The van der Waals surface area contributed by atoms with Gasteiger partial charge < -0.3 is 19.1 Å². The molecule has 2 atom stereocenters. The SMILES string of the molecule is CC(C)OC1N=CC(c2nc(-c3ccc(OC4CC(C(=O)O)C4)cc3)no2)=CC1Cl. The molecule has 0 spiro atoms. The van der Waals surface area contributed by atoms with E-state index in [1.54, 1.807) is 12.3 Å². The Morgan fingerprint density at radius 2 is 2.00 bits per heavy atom. The van der Waals surface area contributed by atoms with Crippen molar-refractivity contribution < 1.29 is 23.9 Å². The molecule has 0 amide bonds. The van der Waals surface area contributed by atoms with Gasteiger partial charge in [0, 0.05) is 11.8 Å². The molecule has 0 bridgehead atoms. The molecule has 2 unspecified atom stereocenters. The predicted octanol–water partition coefficient (Wildman–Crippen LogP) is 3.80. The van der Waals surface area contributed by atoms with Crippen molar-refractivity contribution in [2.45, 2.75) is 50.5 Å². The van der Waals surface area contributed by atoms with Crippen LogP contribution in [0.25, 0.3) is 17.0 Å². The minimum atomic E-state index is -0.764. The Bertz CT molecular complexity index is 963. The van der Waals surface area contributed by atoms with Gasteiger partial charge in [0.05, 0.1) is 23.0 Å². The van der Waals surface area contributed by atoms with Crippen molar-refractivity contribution in [2.24, 2.45) is 10.9 Å². The summed E-state index contributed by atoms with van der Waals surface area (Å²) >= 11 is 6.35. The van der Waals surface area contributed by atoms with E-state index >= 15 is 0 Å². The molecule has 4 rings (SSSR count). The lowest BCUT2D eigenvalue weighted by Gasteiger charge is -2.32. The molecule has 2 aliphatic rings. The monoisotopic (exact) mass is 431 g/mol. The number of halogens is 1. The van der Waals surface area contributed by atoms with Gasteiger partial charge in [-0.25, -0.2) is 0 Å². The Labute approximate surface area is 178 Å². The maximum atomic E-state index is 10.9. The molecule has 8 nitrogen and oxygen atoms in total. The van der Waals surface area contributed by atoms with E-state index in [2.05, 4.69) is 15.1 Å². The predicted molar refractivity (Wildman–Crippen MR) is 111 cm³/mol. The summed E-state index contributed by atoms with van der Waals surface area (Å²) in [5.74, 6) is 0.382. The first-order valence-corrected chi connectivity index (χ1v) is 10.2. The minimum absolute atomic E-state index is 0.0215. The van der Waals surface area contributed by atoms with Crippen LogP contribution in [0.3, 0.4) is 0 Å². The number of nitrogens with zero attached hydrogens (tertiary/aromatic N) is 3. The standard InChI is InChI=1S/C21H22ClN3O5/c1-11(2)28-20-17(22)9-14(10-23-20)19-24-18(25-30-19)12-3-5-15(6-4-12)29-16-7-13(8-16)21(26)27/h3-6,9-11,13,16-17,20H,7-8H2,1-2H3,(H,26,27). The zero-order valence-electron chi connectivity index (χ0n) is 16.6. The first-order chi connectivity index (χ1) is 14.4. The molecule has 158 valence electrons. The summed E-state index contributed by atoms with van der Waals surface area (Å²) in [6, 6.07) is 7.28. The topological polar surface area (TPSA) is 107 Å². The van der Waals surface area contributed by atoms with Gasteiger partial charge in [-0.2, -0.15) is 4.98 Å². The maximum Gasteiger partial charge on any atom is 0.306 e. The number of alkyl halides is 1. The van der Waals surface area contributed by atoms with Crippen molar-refractivity contribution in [1.29, 1.82) is 0 Å². The third-order valence-electron chi connectivity index (χ3n) is 4.92. The molecule has 0 radical (unpaired) electrons. The Balaban J connectivity index is 1.38. The van der Waals surface area contributed by atoms with E-state index in [4.69, 9.17) is 30.7 Å². The fourth-order valence-corrected chi connectivity index (χ4v) is 3.51. The summed E-state index contributed by atoms with van der Waals surface area (Å²) in [6.45, 7) is 3.86. The summed E-state index contributed by atoms with van der Waals surface area (Å²) in [4.78, 5) is 19.6. The number of ether oxygens (including phenoxy) is 2. The zero-order valence-corrected chi connectivity index (χ0v) is 17.3. The number of aromatic nitrogens is 2. The third-order valence-corrected chi connectivity index (χ3v) is 5.26. The van der Waals surface area contributed by atoms with Crippen molar-refractivity contribution in [2.75, 3.05) is 0 Å². The molecule has 1 aliphatic carbocycles. The van der Waals surface area contributed by atoms with Gasteiger partial charge >= 0.3 is 5.97 Å². The average Bonchev–Trinajstić information content (AvgIpc) is 3.16. The highest BCUT2D eigenvalue weighted by Crippen LogP contribution is 2.32. The molecule has 1 fully saturated rings. The quantitative estimate of drug-likeness (QED) is 0.664. The lowest BCUT2D eigenvalue weighted by atomic mass is 9.82. The van der Waals surface area contributed by atoms with Crippen LogP contribution in [0.15, 0.2) is 39.9 Å². The van der Waals surface area contributed by atoms with Crippen LogP contribution < -0.4 is 4.74 Å². The zero-order chi connectivity index (χ0) is 21.3. The number of dihydropyridines is 1. The molecule has 30 heavy (non-hydrogen) atoms. The van der Waals surface area contributed by atoms with Crippen molar-refractivity contribution in [3.8, 4) is 17.1 Å². The van der Waals surface area contributed by atoms with E-state index < -0.39 is 17.6 Å². The highest BCUT2D eigenvalue weighted by atomic mass is 35.5. The highest BCUT2D eigenvalue weighted by Gasteiger charge is 2.36. The number of allylic oxidation sites excluding steroid dienone is 1. The minimum Gasteiger partial charge on any atom is -0.490 e. The van der Waals surface area contributed by atoms with E-state index in [-0.39, 0.29) is 18.1 Å². The van der Waals surface area contributed by atoms with Gasteiger partial charge in [-0.1, -0.05) is 5.16 Å². The molecule has 1 N–H and O–H groups in total. The number of rotatable bonds is 7. The van der Waals surface area contributed by atoms with Crippen LogP contribution in [0, 0.1) is 5.92 Å². The lowest BCUT2D eigenvalue weighted by molar-refractivity contribution is -0.147. The van der Waals surface area contributed by atoms with Gasteiger partial charge in [0.15, 0.2) is 6.23 Å². The molecule has 1 saturated carbocycles. The van der Waals surface area contributed by atoms with Gasteiger partial charge in [0.1, 0.15) is 11.9 Å². The Hall–Kier alpha value is -2.71. The van der Waals surface area contributed by atoms with Crippen LogP contribution in [0.5, 0.6) is 5.75 Å². The molecule has 1 aliphatic heterocycles. The van der Waals surface area contributed by atoms with Crippen LogP contribution in [-0.2, 0) is 9.53 Å². The van der Waals surface area contributed by atoms with Crippen LogP contribution in [0.1, 0.15) is 32.6 Å². The summed E-state index contributed by atoms with van der Waals surface area (Å²) < 4.78 is 16.8. The number of carbonyl (C=O) groups is 1. The van der Waals surface area contributed by atoms with E-state index in [1.807, 2.05) is 38.1 Å². The van der Waals surface area contributed by atoms with Crippen molar-refractivity contribution in [3.63, 3.8) is 0 Å². The van der Waals surface area contributed by atoms with Crippen LogP contribution in [-0.4, -0.2) is 51.2 Å². The lowest BCUT2D eigenvalue weighted by Crippen LogP contribution is -2.38. The van der Waals surface area contributed by atoms with E-state index in [9.17, 15) is 4.79 Å². The largest absolute Gasteiger partial charge is 0.490 e. The normalized spacial score (nSPS) is 25.7. The molecule has 2 heterocycles. The highest BCUT2D eigenvalue weighted by molar-refractivity contribution is 6.24. The second-order valence-electron chi connectivity index (χ2n) is 7.61. The fraction of sp³-hybridized carbons (Fsp3) is 0.429. The van der Waals surface area contributed by atoms with Crippen LogP contribution in [0.4, 0.5) is 0 Å². The Morgan fingerprint density at radius 3 is 2.63 bits per heavy atom. The second kappa shape index (κ2) is 8.57. The van der Waals surface area contributed by atoms with Crippen molar-refractivity contribution >= 4 is 29.4 Å². The summed E-state index contributed by atoms with van der Waals surface area (Å²) in [7, 11) is 0. The molecule has 1 aromatic carbocycles. The molecule has 2 aromatic rings. The molecule has 9 heteroatoms. The maximum absolute atomic E-state index is 10.9. The second-order valence-corrected chi connectivity index (χ2v) is 8.12. The summed E-state index contributed by atoms with van der Waals surface area (Å²) in [5, 5.41) is 12.5. The van der Waals surface area contributed by atoms with E-state index in [0.717, 1.165) is 5.56 Å². The first kappa shape index (κ1) is 20.6. The number of hydrogen-bond donors (Lipinski definition) is 1. The third kappa shape index (κ3) is 4.55. The van der Waals surface area contributed by atoms with Gasteiger partial charge in [-0.15, -0.1) is 11.6 Å². The Morgan fingerprint density at radius 1 is 1.27 bits per heavy atom. The number of aliphatic imine (C=N–C) groups is 1. The molecule has 0 saturated heterocycles. The van der Waals surface area contributed by atoms with Crippen LogP contribution in [0.2, 0.25) is 0 Å². The number of benzene rings is 1. The molecular formula is C21H22ClN3O5. The first-order valence-electron chi connectivity index (χ1n) is 9.77. The van der Waals surface area contributed by atoms with Gasteiger partial charge in [-0.05, 0) is 57.0 Å². The summed E-state index contributed by atoms with van der Waals surface area (Å²) in [6.07, 6.45) is 4.01. The van der Waals surface area contributed by atoms with Gasteiger partial charge in [0.25, 0.3) is 5.89 Å². The van der Waals surface area contributed by atoms with Crippen molar-refractivity contribution in [1.82, 2.24) is 10.1 Å². The van der Waals surface area contributed by atoms with E-state index in [1.165, 1.54) is 0 Å². The summed E-state index contributed by atoms with van der Waals surface area (Å²) in [5.41, 5.74) is 1.42. The van der Waals surface area contributed by atoms with Gasteiger partial charge in [-0.3, -0.25) is 9.79 Å². The fourth-order valence-electron chi connectivity index (χ4n) is 3.24. The number of aliphatic carboxylic acids is 1. The number of carboxylic acid groups (broad SMARTS) is 1. The molecular weight excluding hydrogens is 410 g/mol. The number of carboxylic acids is 1. The van der Waals surface area contributed by atoms with Gasteiger partial charge in [0.2, 0.25) is 5.82 Å².